The highest BCUT2D eigenvalue weighted by atomic mass is 79.9. The summed E-state index contributed by atoms with van der Waals surface area (Å²) in [5.41, 5.74) is 1.84. The number of benzene rings is 1. The SMILES string of the molecule is CCOC(=O)c1cnc(Nc2ccc(Br)cc2)nc1C. The predicted octanol–water partition coefficient (Wildman–Crippen LogP) is 3.47. The predicted molar refractivity (Wildman–Crippen MR) is 80.2 cm³/mol. The first kappa shape index (κ1) is 14.5. The minimum Gasteiger partial charge on any atom is -0.462 e. The second-order valence-electron chi connectivity index (χ2n) is 4.05. The second-order valence-corrected chi connectivity index (χ2v) is 4.96. The lowest BCUT2D eigenvalue weighted by molar-refractivity contribution is 0.0524. The molecule has 1 heterocycles. The number of nitrogens with one attached hydrogen (secondary N) is 1. The maximum Gasteiger partial charge on any atom is 0.341 e. The van der Waals surface area contributed by atoms with Crippen LogP contribution < -0.4 is 5.32 Å². The number of hydrogen-bond acceptors (Lipinski definition) is 5. The van der Waals surface area contributed by atoms with Crippen molar-refractivity contribution in [2.75, 3.05) is 11.9 Å². The van der Waals surface area contributed by atoms with Crippen LogP contribution in [0, 0.1) is 6.92 Å². The number of ether oxygens (including phenoxy) is 1. The van der Waals surface area contributed by atoms with Crippen molar-refractivity contribution >= 4 is 33.5 Å². The van der Waals surface area contributed by atoms with E-state index in [-0.39, 0.29) is 0 Å². The molecule has 2 rings (SSSR count). The van der Waals surface area contributed by atoms with Gasteiger partial charge in [0.1, 0.15) is 0 Å². The molecule has 0 spiro atoms. The van der Waals surface area contributed by atoms with Crippen LogP contribution >= 0.6 is 15.9 Å². The summed E-state index contributed by atoms with van der Waals surface area (Å²) in [5, 5.41) is 3.07. The first-order valence-electron chi connectivity index (χ1n) is 6.13. The van der Waals surface area contributed by atoms with Crippen LogP contribution in [-0.2, 0) is 4.74 Å². The van der Waals surface area contributed by atoms with Crippen LogP contribution in [0.4, 0.5) is 11.6 Å². The monoisotopic (exact) mass is 335 g/mol. The third-order valence-corrected chi connectivity index (χ3v) is 3.10. The van der Waals surface area contributed by atoms with Crippen LogP contribution in [0.3, 0.4) is 0 Å². The highest BCUT2D eigenvalue weighted by Crippen LogP contribution is 2.17. The lowest BCUT2D eigenvalue weighted by atomic mass is 10.2. The molecule has 5 nitrogen and oxygen atoms in total. The van der Waals surface area contributed by atoms with E-state index >= 15 is 0 Å². The Labute approximate surface area is 125 Å². The highest BCUT2D eigenvalue weighted by Gasteiger charge is 2.12. The van der Waals surface area contributed by atoms with Gasteiger partial charge in [-0.2, -0.15) is 0 Å². The van der Waals surface area contributed by atoms with Gasteiger partial charge in [-0.3, -0.25) is 0 Å². The first-order valence-corrected chi connectivity index (χ1v) is 6.93. The molecule has 1 aromatic heterocycles. The van der Waals surface area contributed by atoms with Crippen LogP contribution in [0.25, 0.3) is 0 Å². The Morgan fingerprint density at radius 2 is 2.05 bits per heavy atom. The Morgan fingerprint density at radius 3 is 2.65 bits per heavy atom. The average Bonchev–Trinajstić information content (AvgIpc) is 2.42. The zero-order chi connectivity index (χ0) is 14.5. The quantitative estimate of drug-likeness (QED) is 0.866. The molecule has 0 aliphatic rings. The van der Waals surface area contributed by atoms with Gasteiger partial charge in [0.05, 0.1) is 17.9 Å². The maximum absolute atomic E-state index is 11.6. The molecule has 1 aromatic carbocycles. The highest BCUT2D eigenvalue weighted by molar-refractivity contribution is 9.10. The standard InChI is InChI=1S/C14H14BrN3O2/c1-3-20-13(19)12-8-16-14(17-9(12)2)18-11-6-4-10(15)5-7-11/h4-8H,3H2,1-2H3,(H,16,17,18). The van der Waals surface area contributed by atoms with Gasteiger partial charge in [0.2, 0.25) is 5.95 Å². The Morgan fingerprint density at radius 1 is 1.35 bits per heavy atom. The zero-order valence-electron chi connectivity index (χ0n) is 11.2. The lowest BCUT2D eigenvalue weighted by Gasteiger charge is -2.08. The molecule has 20 heavy (non-hydrogen) atoms. The molecule has 0 bridgehead atoms. The van der Waals surface area contributed by atoms with E-state index < -0.39 is 5.97 Å². The normalized spacial score (nSPS) is 10.2. The number of hydrogen-bond donors (Lipinski definition) is 1. The van der Waals surface area contributed by atoms with Gasteiger partial charge in [0.15, 0.2) is 0 Å². The zero-order valence-corrected chi connectivity index (χ0v) is 12.8. The number of aryl methyl sites for hydroxylation is 1. The maximum atomic E-state index is 11.6. The molecule has 1 N–H and O–H groups in total. The van der Waals surface area contributed by atoms with Gasteiger partial charge in [-0.1, -0.05) is 15.9 Å². The van der Waals surface area contributed by atoms with Gasteiger partial charge in [0, 0.05) is 16.4 Å². The summed E-state index contributed by atoms with van der Waals surface area (Å²) in [6, 6.07) is 7.65. The number of halogens is 1. The van der Waals surface area contributed by atoms with E-state index in [4.69, 9.17) is 4.74 Å². The molecule has 0 amide bonds. The summed E-state index contributed by atoms with van der Waals surface area (Å²) < 4.78 is 5.93. The van der Waals surface area contributed by atoms with Crippen LogP contribution in [-0.4, -0.2) is 22.5 Å². The largest absolute Gasteiger partial charge is 0.462 e. The van der Waals surface area contributed by atoms with Crippen molar-refractivity contribution in [2.45, 2.75) is 13.8 Å². The molecule has 104 valence electrons. The molecule has 2 aromatic rings. The molecule has 0 fully saturated rings. The van der Waals surface area contributed by atoms with E-state index in [9.17, 15) is 4.79 Å². The molecular formula is C14H14BrN3O2. The third-order valence-electron chi connectivity index (χ3n) is 2.58. The van der Waals surface area contributed by atoms with Crippen LogP contribution in [0.2, 0.25) is 0 Å². The van der Waals surface area contributed by atoms with E-state index in [1.807, 2.05) is 24.3 Å². The van der Waals surface area contributed by atoms with Crippen molar-refractivity contribution in [1.82, 2.24) is 9.97 Å². The van der Waals surface area contributed by atoms with E-state index in [1.165, 1.54) is 6.20 Å². The van der Waals surface area contributed by atoms with E-state index in [0.717, 1.165) is 10.2 Å². The van der Waals surface area contributed by atoms with Gasteiger partial charge in [0.25, 0.3) is 0 Å². The summed E-state index contributed by atoms with van der Waals surface area (Å²) in [5.74, 6) is 0.0399. The summed E-state index contributed by atoms with van der Waals surface area (Å²) in [6.45, 7) is 3.84. The second kappa shape index (κ2) is 6.47. The van der Waals surface area contributed by atoms with Crippen LogP contribution in [0.1, 0.15) is 23.0 Å². The number of nitrogens with zero attached hydrogens (tertiary/aromatic N) is 2. The fourth-order valence-electron chi connectivity index (χ4n) is 1.60. The number of carbonyl (C=O) groups is 1. The number of rotatable bonds is 4. The molecule has 0 saturated carbocycles. The van der Waals surface area contributed by atoms with Gasteiger partial charge in [-0.25, -0.2) is 14.8 Å². The number of carbonyl (C=O) groups excluding carboxylic acids is 1. The number of anilines is 2. The molecule has 0 radical (unpaired) electrons. The van der Waals surface area contributed by atoms with Gasteiger partial charge in [-0.15, -0.1) is 0 Å². The van der Waals surface area contributed by atoms with Crippen molar-refractivity contribution in [2.24, 2.45) is 0 Å². The molecule has 0 unspecified atom stereocenters. The molecule has 0 aliphatic heterocycles. The van der Waals surface area contributed by atoms with Crippen molar-refractivity contribution in [3.8, 4) is 0 Å². The molecule has 0 aliphatic carbocycles. The van der Waals surface area contributed by atoms with Gasteiger partial charge < -0.3 is 10.1 Å². The van der Waals surface area contributed by atoms with Crippen molar-refractivity contribution < 1.29 is 9.53 Å². The summed E-state index contributed by atoms with van der Waals surface area (Å²) in [7, 11) is 0. The van der Waals surface area contributed by atoms with E-state index in [0.29, 0.717) is 23.8 Å². The molecule has 6 heteroatoms. The smallest absolute Gasteiger partial charge is 0.341 e. The minimum atomic E-state index is -0.403. The third kappa shape index (κ3) is 3.54. The summed E-state index contributed by atoms with van der Waals surface area (Å²) in [4.78, 5) is 20.0. The molecular weight excluding hydrogens is 322 g/mol. The van der Waals surface area contributed by atoms with E-state index in [1.54, 1.807) is 13.8 Å². The Balaban J connectivity index is 2.16. The molecule has 0 atom stereocenters. The summed E-state index contributed by atoms with van der Waals surface area (Å²) >= 11 is 3.37. The van der Waals surface area contributed by atoms with Crippen LogP contribution in [0.5, 0.6) is 0 Å². The Bertz CT molecular complexity index is 614. The molecule has 0 saturated heterocycles. The fraction of sp³-hybridized carbons (Fsp3) is 0.214. The van der Waals surface area contributed by atoms with Gasteiger partial charge >= 0.3 is 5.97 Å². The number of esters is 1. The average molecular weight is 336 g/mol. The lowest BCUT2D eigenvalue weighted by Crippen LogP contribution is -2.10. The van der Waals surface area contributed by atoms with Crippen molar-refractivity contribution in [3.05, 3.63) is 46.2 Å². The van der Waals surface area contributed by atoms with E-state index in [2.05, 4.69) is 31.2 Å². The minimum absolute atomic E-state index is 0.331. The first-order chi connectivity index (χ1) is 9.60. The van der Waals surface area contributed by atoms with Crippen molar-refractivity contribution in [3.63, 3.8) is 0 Å². The van der Waals surface area contributed by atoms with Crippen molar-refractivity contribution in [1.29, 1.82) is 0 Å². The summed E-state index contributed by atoms with van der Waals surface area (Å²) in [6.07, 6.45) is 1.47. The Hall–Kier alpha value is -1.95. The Kier molecular flexibility index (Phi) is 4.68. The van der Waals surface area contributed by atoms with Crippen LogP contribution in [0.15, 0.2) is 34.9 Å². The fourth-order valence-corrected chi connectivity index (χ4v) is 1.86. The number of aromatic nitrogens is 2. The topological polar surface area (TPSA) is 64.1 Å². The van der Waals surface area contributed by atoms with Gasteiger partial charge in [-0.05, 0) is 38.1 Å².